The number of ether oxygens (including phenoxy) is 3. The number of nitrogens with one attached hydrogen (secondary N) is 2. The van der Waals surface area contributed by atoms with Crippen LogP contribution in [0.25, 0.3) is 11.0 Å². The number of hydrogen-bond donors (Lipinski definition) is 2. The zero-order valence-electron chi connectivity index (χ0n) is 20.6. The Morgan fingerprint density at radius 1 is 1.19 bits per heavy atom. The van der Waals surface area contributed by atoms with Gasteiger partial charge in [-0.15, -0.1) is 0 Å². The highest BCUT2D eigenvalue weighted by molar-refractivity contribution is 6.12. The van der Waals surface area contributed by atoms with Crippen LogP contribution in [0.5, 0.6) is 0 Å². The number of anilines is 2. The van der Waals surface area contributed by atoms with Crippen molar-refractivity contribution >= 4 is 40.3 Å². The molecule has 1 aromatic carbocycles. The molecule has 0 radical (unpaired) electrons. The van der Waals surface area contributed by atoms with Gasteiger partial charge in [0.2, 0.25) is 0 Å². The van der Waals surface area contributed by atoms with Crippen LogP contribution < -0.4 is 10.6 Å². The third-order valence-corrected chi connectivity index (χ3v) is 6.15. The summed E-state index contributed by atoms with van der Waals surface area (Å²) in [6.07, 6.45) is 3.02. The minimum atomic E-state index is -0.626. The van der Waals surface area contributed by atoms with Gasteiger partial charge in [0, 0.05) is 18.5 Å². The van der Waals surface area contributed by atoms with Crippen LogP contribution in [0.2, 0.25) is 0 Å². The van der Waals surface area contributed by atoms with Crippen LogP contribution in [0.1, 0.15) is 35.8 Å². The number of esters is 2. The van der Waals surface area contributed by atoms with Gasteiger partial charge in [0.15, 0.2) is 5.69 Å². The number of fused-ring (bicyclic) bond motifs is 1. The van der Waals surface area contributed by atoms with Crippen LogP contribution >= 0.6 is 0 Å². The second kappa shape index (κ2) is 11.2. The average Bonchev–Trinajstić information content (AvgIpc) is 3.54. The minimum Gasteiger partial charge on any atom is -0.467 e. The third-order valence-electron chi connectivity index (χ3n) is 6.15. The number of amides is 1. The Hall–Kier alpha value is -3.92. The largest absolute Gasteiger partial charge is 0.467 e. The Kier molecular flexibility index (Phi) is 7.84. The molecule has 1 saturated heterocycles. The summed E-state index contributed by atoms with van der Waals surface area (Å²) in [7, 11) is 2.61. The number of methoxy groups -OCH3 is 2. The molecular formula is C26H30N4O6. The maximum absolute atomic E-state index is 13.0. The van der Waals surface area contributed by atoms with E-state index in [1.165, 1.54) is 14.2 Å². The molecule has 36 heavy (non-hydrogen) atoms. The Morgan fingerprint density at radius 3 is 2.64 bits per heavy atom. The lowest BCUT2D eigenvalue weighted by Gasteiger charge is -2.13. The summed E-state index contributed by atoms with van der Waals surface area (Å²) in [6.45, 7) is 2.61. The van der Waals surface area contributed by atoms with Crippen LogP contribution in [0.4, 0.5) is 11.4 Å². The molecule has 1 amide bonds. The van der Waals surface area contributed by atoms with Gasteiger partial charge in [-0.2, -0.15) is 0 Å². The van der Waals surface area contributed by atoms with E-state index in [1.54, 1.807) is 23.8 Å². The average molecular weight is 495 g/mol. The standard InChI is InChI=1S/C26H30N4O6/c1-16(25(32)34-2)28-18-14-19-21(29-24(31)20-10-7-13-36-20)22(26(33)35-3)30(23(19)27-15-18)12-11-17-8-5-4-6-9-17/h4-6,8-9,14-16,20,28H,7,10-13H2,1-3H3,(H,29,31). The number of hydrogen-bond acceptors (Lipinski definition) is 8. The van der Waals surface area contributed by atoms with Gasteiger partial charge in [-0.25, -0.2) is 14.6 Å². The van der Waals surface area contributed by atoms with Crippen LogP contribution in [0.3, 0.4) is 0 Å². The Labute approximate surface area is 208 Å². The molecule has 190 valence electrons. The van der Waals surface area contributed by atoms with Gasteiger partial charge in [-0.1, -0.05) is 30.3 Å². The van der Waals surface area contributed by atoms with Gasteiger partial charge in [0.25, 0.3) is 5.91 Å². The monoisotopic (exact) mass is 494 g/mol. The first-order chi connectivity index (χ1) is 17.4. The molecule has 0 saturated carbocycles. The number of rotatable bonds is 9. The summed E-state index contributed by atoms with van der Waals surface area (Å²) in [5.74, 6) is -1.36. The number of benzene rings is 1. The smallest absolute Gasteiger partial charge is 0.356 e. The van der Waals surface area contributed by atoms with E-state index in [0.717, 1.165) is 12.0 Å². The van der Waals surface area contributed by atoms with E-state index in [1.807, 2.05) is 30.3 Å². The molecule has 1 aliphatic rings. The first-order valence-electron chi connectivity index (χ1n) is 11.8. The minimum absolute atomic E-state index is 0.195. The van der Waals surface area contributed by atoms with Crippen molar-refractivity contribution in [2.45, 2.75) is 44.9 Å². The lowest BCUT2D eigenvalue weighted by atomic mass is 10.1. The van der Waals surface area contributed by atoms with Crippen molar-refractivity contribution in [1.82, 2.24) is 9.55 Å². The summed E-state index contributed by atoms with van der Waals surface area (Å²) in [6, 6.07) is 11.0. The molecule has 10 heteroatoms. The van der Waals surface area contributed by atoms with E-state index < -0.39 is 24.1 Å². The molecule has 2 aromatic heterocycles. The fourth-order valence-corrected chi connectivity index (χ4v) is 4.32. The second-order valence-corrected chi connectivity index (χ2v) is 8.58. The molecular weight excluding hydrogens is 464 g/mol. The second-order valence-electron chi connectivity index (χ2n) is 8.58. The molecule has 2 unspecified atom stereocenters. The van der Waals surface area contributed by atoms with E-state index in [4.69, 9.17) is 14.2 Å². The summed E-state index contributed by atoms with van der Waals surface area (Å²) >= 11 is 0. The van der Waals surface area contributed by atoms with Gasteiger partial charge in [-0.3, -0.25) is 4.79 Å². The molecule has 1 aliphatic heterocycles. The number of carbonyl (C=O) groups is 3. The summed E-state index contributed by atoms with van der Waals surface area (Å²) in [4.78, 5) is 42.5. The fraction of sp³-hybridized carbons (Fsp3) is 0.385. The first kappa shape index (κ1) is 25.2. The highest BCUT2D eigenvalue weighted by atomic mass is 16.5. The van der Waals surface area contributed by atoms with Gasteiger partial charge < -0.3 is 29.4 Å². The fourth-order valence-electron chi connectivity index (χ4n) is 4.32. The van der Waals surface area contributed by atoms with E-state index >= 15 is 0 Å². The summed E-state index contributed by atoms with van der Waals surface area (Å²) < 4.78 is 17.2. The Bertz CT molecular complexity index is 1250. The maximum atomic E-state index is 13.0. The lowest BCUT2D eigenvalue weighted by molar-refractivity contribution is -0.141. The van der Waals surface area contributed by atoms with Crippen molar-refractivity contribution in [3.05, 3.63) is 53.9 Å². The number of aromatic nitrogens is 2. The van der Waals surface area contributed by atoms with Crippen LogP contribution in [0, 0.1) is 0 Å². The van der Waals surface area contributed by atoms with Crippen molar-refractivity contribution in [2.75, 3.05) is 31.5 Å². The highest BCUT2D eigenvalue weighted by Crippen LogP contribution is 2.33. The Morgan fingerprint density at radius 2 is 1.97 bits per heavy atom. The van der Waals surface area contributed by atoms with E-state index in [-0.39, 0.29) is 11.6 Å². The van der Waals surface area contributed by atoms with Crippen LogP contribution in [-0.4, -0.2) is 60.4 Å². The topological polar surface area (TPSA) is 121 Å². The van der Waals surface area contributed by atoms with E-state index in [2.05, 4.69) is 15.6 Å². The molecule has 1 fully saturated rings. The first-order valence-corrected chi connectivity index (χ1v) is 11.8. The van der Waals surface area contributed by atoms with Crippen molar-refractivity contribution in [2.24, 2.45) is 0 Å². The maximum Gasteiger partial charge on any atom is 0.356 e. The normalized spacial score (nSPS) is 15.9. The van der Waals surface area contributed by atoms with Gasteiger partial charge in [0.05, 0.1) is 31.8 Å². The molecule has 0 aliphatic carbocycles. The number of aryl methyl sites for hydroxylation is 2. The van der Waals surface area contributed by atoms with Gasteiger partial charge >= 0.3 is 11.9 Å². The summed E-state index contributed by atoms with van der Waals surface area (Å²) in [5, 5.41) is 6.49. The van der Waals surface area contributed by atoms with E-state index in [0.29, 0.717) is 48.4 Å². The zero-order valence-corrected chi connectivity index (χ0v) is 20.6. The quantitative estimate of drug-likeness (QED) is 0.435. The van der Waals surface area contributed by atoms with Crippen molar-refractivity contribution in [3.63, 3.8) is 0 Å². The van der Waals surface area contributed by atoms with E-state index in [9.17, 15) is 14.4 Å². The molecule has 0 spiro atoms. The molecule has 4 rings (SSSR count). The van der Waals surface area contributed by atoms with Crippen LogP contribution in [0.15, 0.2) is 42.6 Å². The van der Waals surface area contributed by atoms with Crippen molar-refractivity contribution in [3.8, 4) is 0 Å². The number of carbonyl (C=O) groups excluding carboxylic acids is 3. The predicted octanol–water partition coefficient (Wildman–Crippen LogP) is 3.16. The van der Waals surface area contributed by atoms with Crippen LogP contribution in [-0.2, 0) is 36.8 Å². The Balaban J connectivity index is 1.79. The molecule has 0 bridgehead atoms. The number of pyridine rings is 1. The molecule has 2 atom stereocenters. The third kappa shape index (κ3) is 5.33. The van der Waals surface area contributed by atoms with Crippen molar-refractivity contribution in [1.29, 1.82) is 0 Å². The molecule has 2 N–H and O–H groups in total. The summed E-state index contributed by atoms with van der Waals surface area (Å²) in [5.41, 5.74) is 2.62. The molecule has 10 nitrogen and oxygen atoms in total. The van der Waals surface area contributed by atoms with Crippen molar-refractivity contribution < 1.29 is 28.6 Å². The highest BCUT2D eigenvalue weighted by Gasteiger charge is 2.30. The zero-order chi connectivity index (χ0) is 25.7. The number of nitrogens with zero attached hydrogens (tertiary/aromatic N) is 2. The van der Waals surface area contributed by atoms with Gasteiger partial charge in [0.1, 0.15) is 17.8 Å². The molecule has 3 heterocycles. The molecule has 3 aromatic rings. The SMILES string of the molecule is COC(=O)c1c(NC(=O)C2CCCO2)c2cc(NC(C)C(=O)OC)cnc2n1CCc1ccccc1. The van der Waals surface area contributed by atoms with Gasteiger partial charge in [-0.05, 0) is 37.8 Å². The predicted molar refractivity (Wildman–Crippen MR) is 134 cm³/mol. The lowest BCUT2D eigenvalue weighted by Crippen LogP contribution is -2.28.